The molecule has 0 saturated carbocycles. The summed E-state index contributed by atoms with van der Waals surface area (Å²) < 4.78 is 0. The van der Waals surface area contributed by atoms with Gasteiger partial charge in [-0.2, -0.15) is 11.8 Å². The largest absolute Gasteiger partial charge is 0.326 e. The fourth-order valence-corrected chi connectivity index (χ4v) is 3.58. The molecule has 19 heavy (non-hydrogen) atoms. The lowest BCUT2D eigenvalue weighted by atomic mass is 10.1. The van der Waals surface area contributed by atoms with E-state index in [-0.39, 0.29) is 5.91 Å². The minimum absolute atomic E-state index is 0.0271. The molecule has 4 heteroatoms. The molecule has 1 fully saturated rings. The van der Waals surface area contributed by atoms with E-state index in [1.807, 2.05) is 18.2 Å². The van der Waals surface area contributed by atoms with E-state index in [1.54, 1.807) is 0 Å². The average molecular weight is 278 g/mol. The Hall–Kier alpha value is -1.00. The second-order valence-electron chi connectivity index (χ2n) is 5.17. The van der Waals surface area contributed by atoms with Gasteiger partial charge in [-0.15, -0.1) is 0 Å². The quantitative estimate of drug-likeness (QED) is 0.870. The number of hydrogen-bond donors (Lipinski definition) is 2. The average Bonchev–Trinajstić information content (AvgIpc) is 2.88. The molecule has 1 aromatic carbocycles. The maximum Gasteiger partial charge on any atom is 0.221 e. The number of carbonyl (C=O) groups excluding carboxylic acids is 1. The highest BCUT2D eigenvalue weighted by molar-refractivity contribution is 7.99. The van der Waals surface area contributed by atoms with Crippen LogP contribution in [-0.2, 0) is 4.79 Å². The van der Waals surface area contributed by atoms with E-state index < -0.39 is 0 Å². The number of thioether (sulfide) groups is 1. The molecule has 2 unspecified atom stereocenters. The molecular weight excluding hydrogens is 256 g/mol. The summed E-state index contributed by atoms with van der Waals surface area (Å²) in [5.41, 5.74) is 2.09. The third kappa shape index (κ3) is 4.55. The fourth-order valence-electron chi connectivity index (χ4n) is 2.29. The van der Waals surface area contributed by atoms with Crippen molar-refractivity contribution in [1.29, 1.82) is 0 Å². The lowest BCUT2D eigenvalue weighted by molar-refractivity contribution is -0.114. The van der Waals surface area contributed by atoms with Gasteiger partial charge >= 0.3 is 0 Å². The Morgan fingerprint density at radius 1 is 1.53 bits per heavy atom. The predicted molar refractivity (Wildman–Crippen MR) is 82.6 cm³/mol. The van der Waals surface area contributed by atoms with Gasteiger partial charge in [0.25, 0.3) is 0 Å². The molecule has 1 heterocycles. The van der Waals surface area contributed by atoms with Crippen molar-refractivity contribution in [2.24, 2.45) is 5.92 Å². The number of anilines is 1. The molecule has 1 amide bonds. The highest BCUT2D eigenvalue weighted by Crippen LogP contribution is 2.24. The normalized spacial score (nSPS) is 20.2. The second kappa shape index (κ2) is 6.96. The first kappa shape index (κ1) is 14.4. The zero-order chi connectivity index (χ0) is 13.7. The number of hydrogen-bond acceptors (Lipinski definition) is 3. The molecule has 0 aliphatic carbocycles. The number of nitrogens with one attached hydrogen (secondary N) is 2. The van der Waals surface area contributed by atoms with Gasteiger partial charge in [0.1, 0.15) is 0 Å². The maximum absolute atomic E-state index is 11.1. The maximum atomic E-state index is 11.1. The number of rotatable bonds is 5. The van der Waals surface area contributed by atoms with Gasteiger partial charge in [-0.1, -0.05) is 12.1 Å². The van der Waals surface area contributed by atoms with Crippen LogP contribution in [-0.4, -0.2) is 24.0 Å². The number of carbonyl (C=O) groups is 1. The summed E-state index contributed by atoms with van der Waals surface area (Å²) in [7, 11) is 0. The molecule has 0 spiro atoms. The van der Waals surface area contributed by atoms with Crippen LogP contribution in [0, 0.1) is 5.92 Å². The first-order valence-electron chi connectivity index (χ1n) is 6.84. The highest BCUT2D eigenvalue weighted by atomic mass is 32.2. The van der Waals surface area contributed by atoms with Gasteiger partial charge in [0.05, 0.1) is 0 Å². The Balaban J connectivity index is 1.90. The topological polar surface area (TPSA) is 41.1 Å². The third-order valence-corrected chi connectivity index (χ3v) is 4.68. The summed E-state index contributed by atoms with van der Waals surface area (Å²) in [4.78, 5) is 11.1. The van der Waals surface area contributed by atoms with Crippen LogP contribution in [0.2, 0.25) is 0 Å². The van der Waals surface area contributed by atoms with Crippen LogP contribution in [0.3, 0.4) is 0 Å². The SMILES string of the molecule is CC(=O)Nc1cccc(C(C)NCC2CCSC2)c1. The summed E-state index contributed by atoms with van der Waals surface area (Å²) in [5.74, 6) is 3.37. The molecule has 1 saturated heterocycles. The summed E-state index contributed by atoms with van der Waals surface area (Å²) in [6.07, 6.45) is 1.33. The van der Waals surface area contributed by atoms with Crippen LogP contribution in [0.15, 0.2) is 24.3 Å². The molecule has 1 aliphatic heterocycles. The molecule has 0 bridgehead atoms. The van der Waals surface area contributed by atoms with Gasteiger partial charge in [0.2, 0.25) is 5.91 Å². The van der Waals surface area contributed by atoms with Gasteiger partial charge in [-0.25, -0.2) is 0 Å². The molecule has 2 atom stereocenters. The van der Waals surface area contributed by atoms with Gasteiger partial charge in [-0.3, -0.25) is 4.79 Å². The van der Waals surface area contributed by atoms with E-state index in [2.05, 4.69) is 35.4 Å². The molecule has 1 aliphatic rings. The Morgan fingerprint density at radius 2 is 2.37 bits per heavy atom. The van der Waals surface area contributed by atoms with E-state index in [0.29, 0.717) is 6.04 Å². The Labute approximate surface area is 119 Å². The smallest absolute Gasteiger partial charge is 0.221 e. The second-order valence-corrected chi connectivity index (χ2v) is 6.32. The van der Waals surface area contributed by atoms with Crippen molar-refractivity contribution in [2.45, 2.75) is 26.3 Å². The molecule has 0 radical (unpaired) electrons. The monoisotopic (exact) mass is 278 g/mol. The van der Waals surface area contributed by atoms with Gasteiger partial charge in [-0.05, 0) is 55.0 Å². The minimum Gasteiger partial charge on any atom is -0.326 e. The van der Waals surface area contributed by atoms with E-state index in [1.165, 1.54) is 30.4 Å². The van der Waals surface area contributed by atoms with Crippen LogP contribution in [0.5, 0.6) is 0 Å². The van der Waals surface area contributed by atoms with E-state index >= 15 is 0 Å². The molecule has 1 aromatic rings. The van der Waals surface area contributed by atoms with Crippen molar-refractivity contribution in [2.75, 3.05) is 23.4 Å². The van der Waals surface area contributed by atoms with E-state index in [4.69, 9.17) is 0 Å². The van der Waals surface area contributed by atoms with Crippen molar-refractivity contribution >= 4 is 23.4 Å². The third-order valence-electron chi connectivity index (χ3n) is 3.44. The molecule has 3 nitrogen and oxygen atoms in total. The van der Waals surface area contributed by atoms with Crippen molar-refractivity contribution in [3.05, 3.63) is 29.8 Å². The first-order valence-corrected chi connectivity index (χ1v) is 7.99. The van der Waals surface area contributed by atoms with E-state index in [0.717, 1.165) is 18.2 Å². The fraction of sp³-hybridized carbons (Fsp3) is 0.533. The van der Waals surface area contributed by atoms with Crippen molar-refractivity contribution in [3.63, 3.8) is 0 Å². The predicted octanol–water partition coefficient (Wildman–Crippen LogP) is 3.05. The molecule has 0 aromatic heterocycles. The summed E-state index contributed by atoms with van der Waals surface area (Å²) in [6, 6.07) is 8.38. The standard InChI is InChI=1S/C15H22N2OS/c1-11(16-9-13-6-7-19-10-13)14-4-3-5-15(8-14)17-12(2)18/h3-5,8,11,13,16H,6-7,9-10H2,1-2H3,(H,17,18). The molecule has 104 valence electrons. The highest BCUT2D eigenvalue weighted by Gasteiger charge is 2.16. The van der Waals surface area contributed by atoms with Crippen molar-refractivity contribution < 1.29 is 4.79 Å². The van der Waals surface area contributed by atoms with E-state index in [9.17, 15) is 4.79 Å². The first-order chi connectivity index (χ1) is 9.15. The summed E-state index contributed by atoms with van der Waals surface area (Å²) >= 11 is 2.05. The van der Waals surface area contributed by atoms with Gasteiger partial charge in [0.15, 0.2) is 0 Å². The molecule has 2 N–H and O–H groups in total. The number of amides is 1. The van der Waals surface area contributed by atoms with Crippen LogP contribution >= 0.6 is 11.8 Å². The minimum atomic E-state index is -0.0271. The zero-order valence-electron chi connectivity index (χ0n) is 11.6. The molecular formula is C15H22N2OS. The Morgan fingerprint density at radius 3 is 3.05 bits per heavy atom. The van der Waals surface area contributed by atoms with Crippen LogP contribution in [0.4, 0.5) is 5.69 Å². The zero-order valence-corrected chi connectivity index (χ0v) is 12.4. The number of benzene rings is 1. The van der Waals surface area contributed by atoms with Crippen molar-refractivity contribution in [3.8, 4) is 0 Å². The van der Waals surface area contributed by atoms with Gasteiger partial charge in [0, 0.05) is 18.7 Å². The van der Waals surface area contributed by atoms with Crippen LogP contribution in [0.1, 0.15) is 31.9 Å². The Kier molecular flexibility index (Phi) is 5.28. The summed E-state index contributed by atoms with van der Waals surface area (Å²) in [6.45, 7) is 4.79. The Bertz CT molecular complexity index is 430. The lowest BCUT2D eigenvalue weighted by Crippen LogP contribution is -2.25. The summed E-state index contributed by atoms with van der Waals surface area (Å²) in [5, 5.41) is 6.42. The lowest BCUT2D eigenvalue weighted by Gasteiger charge is -2.18. The van der Waals surface area contributed by atoms with Crippen LogP contribution < -0.4 is 10.6 Å². The molecule has 2 rings (SSSR count). The van der Waals surface area contributed by atoms with Crippen molar-refractivity contribution in [1.82, 2.24) is 5.32 Å². The van der Waals surface area contributed by atoms with Crippen LogP contribution in [0.25, 0.3) is 0 Å². The van der Waals surface area contributed by atoms with Gasteiger partial charge < -0.3 is 10.6 Å².